The Morgan fingerprint density at radius 1 is 0.269 bits per heavy atom. The minimum atomic E-state index is -0.790. The van der Waals surface area contributed by atoms with E-state index in [0.29, 0.717) is 19.3 Å². The van der Waals surface area contributed by atoms with Crippen molar-refractivity contribution in [3.63, 3.8) is 0 Å². The van der Waals surface area contributed by atoms with Gasteiger partial charge in [0.2, 0.25) is 0 Å². The number of hydrogen-bond acceptors (Lipinski definition) is 6. The molecule has 444 valence electrons. The quantitative estimate of drug-likeness (QED) is 0.0261. The SMILES string of the molecule is CC/C=C\C/C=C\C/C=C\C/C=C\C/C=C\C/C=C\C/C=C\C/C=C\C/C=C\CCCCCCCC(=O)OCC(COC(=O)CCCCCCC/C=C\CCCCCC)OC(=O)CCCCCCCCCCCCCCCC. The van der Waals surface area contributed by atoms with Crippen LogP contribution in [0.25, 0.3) is 0 Å². The van der Waals surface area contributed by atoms with E-state index in [-0.39, 0.29) is 31.1 Å². The van der Waals surface area contributed by atoms with Crippen molar-refractivity contribution in [2.24, 2.45) is 0 Å². The highest BCUT2D eigenvalue weighted by Gasteiger charge is 2.19. The van der Waals surface area contributed by atoms with Gasteiger partial charge in [-0.1, -0.05) is 284 Å². The molecule has 6 nitrogen and oxygen atoms in total. The zero-order valence-corrected chi connectivity index (χ0v) is 50.9. The number of hydrogen-bond donors (Lipinski definition) is 0. The van der Waals surface area contributed by atoms with E-state index in [1.165, 1.54) is 116 Å². The Hall–Kier alpha value is -4.19. The summed E-state index contributed by atoms with van der Waals surface area (Å²) in [6, 6.07) is 0. The van der Waals surface area contributed by atoms with Crippen molar-refractivity contribution in [2.75, 3.05) is 13.2 Å². The Labute approximate surface area is 482 Å². The van der Waals surface area contributed by atoms with Gasteiger partial charge < -0.3 is 14.2 Å². The summed E-state index contributed by atoms with van der Waals surface area (Å²) < 4.78 is 16.9. The molecule has 1 atom stereocenters. The van der Waals surface area contributed by atoms with Crippen LogP contribution in [0.5, 0.6) is 0 Å². The fraction of sp³-hybridized carbons (Fsp3) is 0.681. The largest absolute Gasteiger partial charge is 0.462 e. The van der Waals surface area contributed by atoms with Gasteiger partial charge in [-0.3, -0.25) is 14.4 Å². The second-order valence-electron chi connectivity index (χ2n) is 21.3. The zero-order valence-electron chi connectivity index (χ0n) is 50.9. The molecule has 0 radical (unpaired) electrons. The Balaban J connectivity index is 4.30. The maximum atomic E-state index is 12.9. The highest BCUT2D eigenvalue weighted by atomic mass is 16.6. The molecule has 78 heavy (non-hydrogen) atoms. The highest BCUT2D eigenvalue weighted by molar-refractivity contribution is 5.71. The van der Waals surface area contributed by atoms with Crippen LogP contribution in [0.2, 0.25) is 0 Å². The van der Waals surface area contributed by atoms with Crippen molar-refractivity contribution in [3.8, 4) is 0 Å². The number of ether oxygens (including phenoxy) is 3. The van der Waals surface area contributed by atoms with Crippen LogP contribution in [0.3, 0.4) is 0 Å². The Morgan fingerprint density at radius 2 is 0.500 bits per heavy atom. The summed E-state index contributed by atoms with van der Waals surface area (Å²) in [6.45, 7) is 6.50. The van der Waals surface area contributed by atoms with Gasteiger partial charge in [0.1, 0.15) is 13.2 Å². The van der Waals surface area contributed by atoms with Gasteiger partial charge in [0.25, 0.3) is 0 Å². The molecule has 0 heterocycles. The first-order valence-corrected chi connectivity index (χ1v) is 32.5. The average Bonchev–Trinajstić information content (AvgIpc) is 3.44. The summed E-state index contributed by atoms with van der Waals surface area (Å²) in [6.07, 6.45) is 90.6. The Kier molecular flexibility index (Phi) is 61.8. The summed E-state index contributed by atoms with van der Waals surface area (Å²) in [5.74, 6) is -0.909. The van der Waals surface area contributed by atoms with Crippen molar-refractivity contribution in [3.05, 3.63) is 122 Å². The second-order valence-corrected chi connectivity index (χ2v) is 21.3. The smallest absolute Gasteiger partial charge is 0.306 e. The number of carbonyl (C=O) groups is 3. The molecule has 0 bridgehead atoms. The monoisotopic (exact) mass is 1080 g/mol. The summed E-state index contributed by atoms with van der Waals surface area (Å²) >= 11 is 0. The predicted molar refractivity (Wildman–Crippen MR) is 339 cm³/mol. The molecule has 0 N–H and O–H groups in total. The van der Waals surface area contributed by atoms with Crippen LogP contribution in [0.1, 0.15) is 297 Å². The molecule has 0 aliphatic carbocycles. The minimum Gasteiger partial charge on any atom is -0.462 e. The number of esters is 3. The lowest BCUT2D eigenvalue weighted by atomic mass is 10.0. The lowest BCUT2D eigenvalue weighted by Crippen LogP contribution is -2.30. The van der Waals surface area contributed by atoms with Crippen LogP contribution >= 0.6 is 0 Å². The molecule has 1 unspecified atom stereocenters. The molecule has 0 aliphatic heterocycles. The summed E-state index contributed by atoms with van der Waals surface area (Å²) in [4.78, 5) is 38.2. The summed E-state index contributed by atoms with van der Waals surface area (Å²) in [5, 5.41) is 0. The standard InChI is InChI=1S/C72H120O6/c1-4-7-10-13-16-19-22-25-27-28-29-30-31-32-33-34-35-36-37-38-39-40-41-42-43-44-45-48-50-53-56-59-62-65-71(74)77-68-69(67-76-70(73)64-61-58-55-52-49-46-24-21-18-15-12-9-6-3)78-72(75)66-63-60-57-54-51-47-26-23-20-17-14-11-8-5-2/h7,10,16,19,21,24-25,27,29-30,32-33,35-36,38-39,41-42,44-45,69H,4-6,8-9,11-15,17-18,20,22-23,26,28,31,34,37,40,43,46-68H2,1-3H3/b10-7-,19-16-,24-21-,27-25-,30-29-,33-32-,36-35-,39-38-,42-41-,45-44-. The fourth-order valence-electron chi connectivity index (χ4n) is 8.84. The maximum Gasteiger partial charge on any atom is 0.306 e. The van der Waals surface area contributed by atoms with Crippen molar-refractivity contribution >= 4 is 17.9 Å². The first-order chi connectivity index (χ1) is 38.5. The van der Waals surface area contributed by atoms with E-state index in [4.69, 9.17) is 14.2 Å². The number of allylic oxidation sites excluding steroid dienone is 20. The van der Waals surface area contributed by atoms with E-state index in [2.05, 4.69) is 142 Å². The van der Waals surface area contributed by atoms with Crippen LogP contribution in [-0.2, 0) is 28.6 Å². The highest BCUT2D eigenvalue weighted by Crippen LogP contribution is 2.16. The maximum absolute atomic E-state index is 12.9. The fourth-order valence-corrected chi connectivity index (χ4v) is 8.84. The second kappa shape index (κ2) is 65.3. The lowest BCUT2D eigenvalue weighted by molar-refractivity contribution is -0.167. The molecule has 6 heteroatoms. The number of unbranched alkanes of at least 4 members (excludes halogenated alkanes) is 27. The number of carbonyl (C=O) groups excluding carboxylic acids is 3. The Morgan fingerprint density at radius 3 is 0.808 bits per heavy atom. The van der Waals surface area contributed by atoms with E-state index in [0.717, 1.165) is 141 Å². The molecular formula is C72H120O6. The molecule has 0 amide bonds. The summed E-state index contributed by atoms with van der Waals surface area (Å²) in [5.41, 5.74) is 0. The van der Waals surface area contributed by atoms with E-state index < -0.39 is 6.10 Å². The molecule has 0 aromatic rings. The average molecular weight is 1080 g/mol. The van der Waals surface area contributed by atoms with Gasteiger partial charge >= 0.3 is 17.9 Å². The van der Waals surface area contributed by atoms with Crippen molar-refractivity contribution in [1.29, 1.82) is 0 Å². The van der Waals surface area contributed by atoms with Crippen LogP contribution < -0.4 is 0 Å². The predicted octanol–water partition coefficient (Wildman–Crippen LogP) is 22.4. The zero-order chi connectivity index (χ0) is 56.4. The van der Waals surface area contributed by atoms with Crippen LogP contribution in [0.4, 0.5) is 0 Å². The van der Waals surface area contributed by atoms with Gasteiger partial charge in [0.15, 0.2) is 6.10 Å². The number of rotatable bonds is 58. The van der Waals surface area contributed by atoms with Gasteiger partial charge in [-0.05, 0) is 116 Å². The summed E-state index contributed by atoms with van der Waals surface area (Å²) in [7, 11) is 0. The molecule has 0 aromatic carbocycles. The molecule has 0 fully saturated rings. The van der Waals surface area contributed by atoms with Crippen LogP contribution in [-0.4, -0.2) is 37.2 Å². The molecular weight excluding hydrogens is 961 g/mol. The lowest BCUT2D eigenvalue weighted by Gasteiger charge is -2.18. The van der Waals surface area contributed by atoms with Crippen molar-refractivity contribution in [1.82, 2.24) is 0 Å². The topological polar surface area (TPSA) is 78.9 Å². The first-order valence-electron chi connectivity index (χ1n) is 32.5. The third kappa shape index (κ3) is 62.7. The first kappa shape index (κ1) is 73.8. The van der Waals surface area contributed by atoms with Gasteiger partial charge in [-0.15, -0.1) is 0 Å². The van der Waals surface area contributed by atoms with E-state index in [9.17, 15) is 14.4 Å². The van der Waals surface area contributed by atoms with Crippen LogP contribution in [0.15, 0.2) is 122 Å². The van der Waals surface area contributed by atoms with Gasteiger partial charge in [-0.2, -0.15) is 0 Å². The molecule has 0 saturated heterocycles. The minimum absolute atomic E-state index is 0.0875. The van der Waals surface area contributed by atoms with Crippen molar-refractivity contribution in [2.45, 2.75) is 303 Å². The molecule has 0 rings (SSSR count). The molecule has 0 spiro atoms. The van der Waals surface area contributed by atoms with Gasteiger partial charge in [-0.25, -0.2) is 0 Å². The van der Waals surface area contributed by atoms with E-state index in [1.54, 1.807) is 0 Å². The van der Waals surface area contributed by atoms with Crippen LogP contribution in [0, 0.1) is 0 Å². The van der Waals surface area contributed by atoms with Gasteiger partial charge in [0.05, 0.1) is 0 Å². The molecule has 0 aromatic heterocycles. The molecule has 0 saturated carbocycles. The normalized spacial score (nSPS) is 12.9. The third-order valence-corrected chi connectivity index (χ3v) is 13.7. The Bertz CT molecular complexity index is 1620. The van der Waals surface area contributed by atoms with E-state index in [1.807, 2.05) is 0 Å². The molecule has 0 aliphatic rings. The van der Waals surface area contributed by atoms with E-state index >= 15 is 0 Å². The van der Waals surface area contributed by atoms with Gasteiger partial charge in [0, 0.05) is 19.3 Å². The third-order valence-electron chi connectivity index (χ3n) is 13.7. The van der Waals surface area contributed by atoms with Crippen molar-refractivity contribution < 1.29 is 28.6 Å².